The van der Waals surface area contributed by atoms with E-state index in [-0.39, 0.29) is 0 Å². The van der Waals surface area contributed by atoms with Gasteiger partial charge in [0, 0.05) is 0 Å². The zero-order valence-corrected chi connectivity index (χ0v) is 10.3. The lowest BCUT2D eigenvalue weighted by Gasteiger charge is -2.35. The number of fused-ring (bicyclic) bond motifs is 1. The minimum absolute atomic E-state index is 0.456. The van der Waals surface area contributed by atoms with Crippen LogP contribution in [0.25, 0.3) is 0 Å². The predicted octanol–water partition coefficient (Wildman–Crippen LogP) is 3.59. The highest BCUT2D eigenvalue weighted by Crippen LogP contribution is 2.74. The highest BCUT2D eigenvalue weighted by Gasteiger charge is 2.66. The normalized spacial score (nSPS) is 42.5. The molecule has 0 aromatic carbocycles. The third kappa shape index (κ3) is 1.47. The van der Waals surface area contributed by atoms with E-state index in [1.54, 1.807) is 0 Å². The number of carbonyl (C=O) groups is 1. The summed E-state index contributed by atoms with van der Waals surface area (Å²) in [5.74, 6) is 1.73. The van der Waals surface area contributed by atoms with Crippen LogP contribution in [0.15, 0.2) is 11.6 Å². The summed E-state index contributed by atoms with van der Waals surface area (Å²) in [4.78, 5) is 10.5. The molecular formula is C14H22O. The molecule has 0 spiro atoms. The van der Waals surface area contributed by atoms with Crippen molar-refractivity contribution < 1.29 is 4.79 Å². The van der Waals surface area contributed by atoms with Crippen molar-refractivity contribution in [1.29, 1.82) is 0 Å². The molecule has 3 unspecified atom stereocenters. The Morgan fingerprint density at radius 1 is 1.40 bits per heavy atom. The van der Waals surface area contributed by atoms with Gasteiger partial charge in [-0.1, -0.05) is 26.8 Å². The second-order valence-corrected chi connectivity index (χ2v) is 6.27. The van der Waals surface area contributed by atoms with Crippen molar-refractivity contribution in [1.82, 2.24) is 0 Å². The Bertz CT molecular complexity index is 313. The van der Waals surface area contributed by atoms with Crippen LogP contribution in [0.2, 0.25) is 0 Å². The number of allylic oxidation sites excluding steroid dienone is 2. The summed E-state index contributed by atoms with van der Waals surface area (Å²) in [6.45, 7) is 9.16. The number of carbonyl (C=O) groups excluding carboxylic acids is 1. The van der Waals surface area contributed by atoms with Crippen LogP contribution in [0.4, 0.5) is 0 Å². The molecule has 1 nitrogen and oxygen atoms in total. The molecule has 0 N–H and O–H groups in total. The van der Waals surface area contributed by atoms with Crippen LogP contribution in [0.5, 0.6) is 0 Å². The highest BCUT2D eigenvalue weighted by atomic mass is 16.1. The zero-order chi connectivity index (χ0) is 11.3. The van der Waals surface area contributed by atoms with E-state index in [2.05, 4.69) is 26.8 Å². The Kier molecular flexibility index (Phi) is 2.33. The fourth-order valence-electron chi connectivity index (χ4n) is 3.46. The van der Waals surface area contributed by atoms with Gasteiger partial charge in [-0.3, -0.25) is 4.79 Å². The van der Waals surface area contributed by atoms with E-state index in [0.717, 1.165) is 30.1 Å². The molecule has 1 heteroatoms. The molecule has 2 rings (SSSR count). The van der Waals surface area contributed by atoms with Gasteiger partial charge < -0.3 is 0 Å². The van der Waals surface area contributed by atoms with Gasteiger partial charge in [-0.25, -0.2) is 0 Å². The smallest absolute Gasteiger partial charge is 0.145 e. The molecular weight excluding hydrogens is 184 g/mol. The van der Waals surface area contributed by atoms with E-state index in [1.165, 1.54) is 12.8 Å². The fraction of sp³-hybridized carbons (Fsp3) is 0.786. The number of aldehydes is 1. The van der Waals surface area contributed by atoms with E-state index in [1.807, 2.05) is 6.92 Å². The van der Waals surface area contributed by atoms with Crippen molar-refractivity contribution >= 4 is 6.29 Å². The van der Waals surface area contributed by atoms with Gasteiger partial charge in [-0.2, -0.15) is 0 Å². The molecule has 0 bridgehead atoms. The summed E-state index contributed by atoms with van der Waals surface area (Å²) in [5.41, 5.74) is 1.94. The van der Waals surface area contributed by atoms with Crippen molar-refractivity contribution in [3.63, 3.8) is 0 Å². The molecule has 0 radical (unpaired) electrons. The van der Waals surface area contributed by atoms with Crippen LogP contribution in [-0.4, -0.2) is 6.29 Å². The monoisotopic (exact) mass is 206 g/mol. The van der Waals surface area contributed by atoms with Gasteiger partial charge in [0.1, 0.15) is 6.29 Å². The summed E-state index contributed by atoms with van der Waals surface area (Å²) in [6, 6.07) is 0. The van der Waals surface area contributed by atoms with Gasteiger partial charge in [-0.05, 0) is 54.4 Å². The minimum atomic E-state index is 0.456. The van der Waals surface area contributed by atoms with Crippen LogP contribution >= 0.6 is 0 Å². The van der Waals surface area contributed by atoms with Crippen LogP contribution in [-0.2, 0) is 4.79 Å². The molecule has 3 atom stereocenters. The Balaban J connectivity index is 2.04. The molecule has 0 heterocycles. The molecule has 2 fully saturated rings. The molecule has 2 aliphatic rings. The largest absolute Gasteiger partial charge is 0.298 e. The van der Waals surface area contributed by atoms with Gasteiger partial charge in [0.05, 0.1) is 0 Å². The Hall–Kier alpha value is -0.590. The van der Waals surface area contributed by atoms with Gasteiger partial charge in [0.2, 0.25) is 0 Å². The Labute approximate surface area is 92.9 Å². The molecule has 2 saturated carbocycles. The molecule has 0 saturated heterocycles. The van der Waals surface area contributed by atoms with E-state index < -0.39 is 0 Å². The predicted molar refractivity (Wildman–Crippen MR) is 62.5 cm³/mol. The van der Waals surface area contributed by atoms with Gasteiger partial charge in [0.25, 0.3) is 0 Å². The summed E-state index contributed by atoms with van der Waals surface area (Å²) >= 11 is 0. The summed E-state index contributed by atoms with van der Waals surface area (Å²) < 4.78 is 0. The first kappa shape index (κ1) is 10.9. The fourth-order valence-corrected chi connectivity index (χ4v) is 3.46. The Morgan fingerprint density at radius 2 is 2.07 bits per heavy atom. The third-order valence-electron chi connectivity index (χ3n) is 5.38. The maximum atomic E-state index is 10.5. The lowest BCUT2D eigenvalue weighted by atomic mass is 9.70. The molecule has 0 aromatic rings. The first-order valence-corrected chi connectivity index (χ1v) is 6.04. The lowest BCUT2D eigenvalue weighted by molar-refractivity contribution is -0.104. The van der Waals surface area contributed by atoms with Crippen LogP contribution in [0.3, 0.4) is 0 Å². The Morgan fingerprint density at radius 3 is 2.53 bits per heavy atom. The van der Waals surface area contributed by atoms with Crippen LogP contribution < -0.4 is 0 Å². The minimum Gasteiger partial charge on any atom is -0.298 e. The summed E-state index contributed by atoms with van der Waals surface area (Å²) in [5, 5.41) is 0. The topological polar surface area (TPSA) is 17.1 Å². The van der Waals surface area contributed by atoms with E-state index >= 15 is 0 Å². The lowest BCUT2D eigenvalue weighted by Crippen LogP contribution is -2.27. The average molecular weight is 206 g/mol. The van der Waals surface area contributed by atoms with Gasteiger partial charge in [-0.15, -0.1) is 0 Å². The highest BCUT2D eigenvalue weighted by molar-refractivity contribution is 5.71. The SMILES string of the molecule is CC(C=O)=CCC1CC2CC2(C)C1(C)C. The number of hydrogen-bond acceptors (Lipinski definition) is 1. The second-order valence-electron chi connectivity index (χ2n) is 6.27. The molecule has 84 valence electrons. The summed E-state index contributed by atoms with van der Waals surface area (Å²) in [7, 11) is 0. The van der Waals surface area contributed by atoms with Gasteiger partial charge in [0.15, 0.2) is 0 Å². The molecule has 2 aliphatic carbocycles. The van der Waals surface area contributed by atoms with Crippen LogP contribution in [0, 0.1) is 22.7 Å². The molecule has 15 heavy (non-hydrogen) atoms. The zero-order valence-electron chi connectivity index (χ0n) is 10.3. The van der Waals surface area contributed by atoms with E-state index in [4.69, 9.17) is 0 Å². The average Bonchev–Trinajstić information content (AvgIpc) is 2.80. The van der Waals surface area contributed by atoms with Gasteiger partial charge >= 0.3 is 0 Å². The maximum Gasteiger partial charge on any atom is 0.145 e. The summed E-state index contributed by atoms with van der Waals surface area (Å²) in [6.07, 6.45) is 6.96. The molecule has 0 amide bonds. The van der Waals surface area contributed by atoms with Crippen molar-refractivity contribution in [3.8, 4) is 0 Å². The quantitative estimate of drug-likeness (QED) is 0.509. The number of hydrogen-bond donors (Lipinski definition) is 0. The first-order valence-electron chi connectivity index (χ1n) is 6.04. The maximum absolute atomic E-state index is 10.5. The number of rotatable bonds is 3. The molecule has 0 aliphatic heterocycles. The van der Waals surface area contributed by atoms with E-state index in [0.29, 0.717) is 10.8 Å². The molecule has 0 aromatic heterocycles. The van der Waals surface area contributed by atoms with Crippen molar-refractivity contribution in [3.05, 3.63) is 11.6 Å². The van der Waals surface area contributed by atoms with Crippen molar-refractivity contribution in [2.24, 2.45) is 22.7 Å². The van der Waals surface area contributed by atoms with Crippen molar-refractivity contribution in [2.45, 2.75) is 47.0 Å². The second kappa shape index (κ2) is 3.20. The standard InChI is InChI=1S/C14H22O/c1-10(9-15)5-6-11-7-12-8-14(12,4)13(11,2)3/h5,9,11-12H,6-8H2,1-4H3. The third-order valence-corrected chi connectivity index (χ3v) is 5.38. The van der Waals surface area contributed by atoms with Crippen molar-refractivity contribution in [2.75, 3.05) is 0 Å². The van der Waals surface area contributed by atoms with E-state index in [9.17, 15) is 4.79 Å². The van der Waals surface area contributed by atoms with Crippen LogP contribution in [0.1, 0.15) is 47.0 Å². The first-order chi connectivity index (χ1) is 6.91.